The van der Waals surface area contributed by atoms with Crippen LogP contribution in [0.1, 0.15) is 10.4 Å². The van der Waals surface area contributed by atoms with Gasteiger partial charge in [-0.05, 0) is 18.2 Å². The number of hydrogen-bond acceptors (Lipinski definition) is 3. The maximum absolute atomic E-state index is 13.3. The summed E-state index contributed by atoms with van der Waals surface area (Å²) < 4.78 is 13.3. The van der Waals surface area contributed by atoms with Crippen LogP contribution in [0.4, 0.5) is 4.39 Å². The average Bonchev–Trinajstić information content (AvgIpc) is 2.25. The van der Waals surface area contributed by atoms with Gasteiger partial charge in [0.25, 0.3) is 5.91 Å². The van der Waals surface area contributed by atoms with Crippen molar-refractivity contribution in [3.05, 3.63) is 34.6 Å². The van der Waals surface area contributed by atoms with E-state index in [0.29, 0.717) is 0 Å². The number of carbonyl (C=O) groups is 1. The standard InChI is InChI=1S/C9H9ClFN3O2/c10-5-1-2-6(7(11)3-5)9(15)13-4-8(12)14-16/h1-3,16H,4H2,(H2,12,14)(H,13,15). The largest absolute Gasteiger partial charge is 0.409 e. The lowest BCUT2D eigenvalue weighted by atomic mass is 10.2. The highest BCUT2D eigenvalue weighted by atomic mass is 35.5. The van der Waals surface area contributed by atoms with Crippen LogP contribution in [-0.4, -0.2) is 23.5 Å². The molecule has 0 aromatic heterocycles. The number of nitrogens with zero attached hydrogens (tertiary/aromatic N) is 1. The molecule has 0 saturated carbocycles. The van der Waals surface area contributed by atoms with Gasteiger partial charge in [0.1, 0.15) is 5.82 Å². The third-order valence-electron chi connectivity index (χ3n) is 1.73. The molecule has 5 nitrogen and oxygen atoms in total. The van der Waals surface area contributed by atoms with E-state index in [4.69, 9.17) is 22.5 Å². The summed E-state index contributed by atoms with van der Waals surface area (Å²) in [5.74, 6) is -1.58. The number of benzene rings is 1. The summed E-state index contributed by atoms with van der Waals surface area (Å²) in [7, 11) is 0. The normalized spacial score (nSPS) is 11.2. The van der Waals surface area contributed by atoms with Gasteiger partial charge in [-0.15, -0.1) is 0 Å². The van der Waals surface area contributed by atoms with Crippen molar-refractivity contribution in [3.63, 3.8) is 0 Å². The van der Waals surface area contributed by atoms with Gasteiger partial charge >= 0.3 is 0 Å². The lowest BCUT2D eigenvalue weighted by Crippen LogP contribution is -2.33. The zero-order chi connectivity index (χ0) is 12.1. The van der Waals surface area contributed by atoms with E-state index in [2.05, 4.69) is 10.5 Å². The van der Waals surface area contributed by atoms with Crippen molar-refractivity contribution in [2.24, 2.45) is 10.9 Å². The number of amidine groups is 1. The third kappa shape index (κ3) is 3.09. The first-order valence-corrected chi connectivity index (χ1v) is 4.62. The average molecular weight is 246 g/mol. The summed E-state index contributed by atoms with van der Waals surface area (Å²) in [4.78, 5) is 11.4. The zero-order valence-corrected chi connectivity index (χ0v) is 8.83. The van der Waals surface area contributed by atoms with Crippen molar-refractivity contribution in [2.75, 3.05) is 6.54 Å². The summed E-state index contributed by atoms with van der Waals surface area (Å²) in [6.45, 7) is -0.169. The minimum Gasteiger partial charge on any atom is -0.409 e. The molecule has 0 aliphatic carbocycles. The van der Waals surface area contributed by atoms with Gasteiger partial charge in [0.2, 0.25) is 0 Å². The fourth-order valence-electron chi connectivity index (χ4n) is 0.975. The molecule has 0 unspecified atom stereocenters. The molecule has 0 bridgehead atoms. The molecule has 4 N–H and O–H groups in total. The Kier molecular flexibility index (Phi) is 4.07. The van der Waals surface area contributed by atoms with E-state index in [-0.39, 0.29) is 23.0 Å². The number of oxime groups is 1. The maximum atomic E-state index is 13.3. The van der Waals surface area contributed by atoms with Crippen LogP contribution in [0.15, 0.2) is 23.4 Å². The number of nitrogens with one attached hydrogen (secondary N) is 1. The molecule has 0 spiro atoms. The van der Waals surface area contributed by atoms with Crippen LogP contribution < -0.4 is 11.1 Å². The van der Waals surface area contributed by atoms with Gasteiger partial charge in [0.15, 0.2) is 5.84 Å². The molecule has 1 rings (SSSR count). The van der Waals surface area contributed by atoms with Gasteiger partial charge in [-0.25, -0.2) is 4.39 Å². The van der Waals surface area contributed by atoms with Gasteiger partial charge in [-0.2, -0.15) is 0 Å². The molecule has 1 aromatic carbocycles. The molecular formula is C9H9ClFN3O2. The van der Waals surface area contributed by atoms with Crippen molar-refractivity contribution >= 4 is 23.3 Å². The Morgan fingerprint density at radius 3 is 2.88 bits per heavy atom. The van der Waals surface area contributed by atoms with Gasteiger partial charge in [-0.3, -0.25) is 4.79 Å². The highest BCUT2D eigenvalue weighted by Crippen LogP contribution is 2.14. The Hall–Kier alpha value is -1.82. The Bertz CT molecular complexity index is 437. The fraction of sp³-hybridized carbons (Fsp3) is 0.111. The quantitative estimate of drug-likeness (QED) is 0.321. The summed E-state index contributed by atoms with van der Waals surface area (Å²) in [5, 5.41) is 13.4. The van der Waals surface area contributed by atoms with Crippen LogP contribution >= 0.6 is 11.6 Å². The van der Waals surface area contributed by atoms with E-state index in [0.717, 1.165) is 6.07 Å². The van der Waals surface area contributed by atoms with E-state index in [1.165, 1.54) is 12.1 Å². The predicted molar refractivity (Wildman–Crippen MR) is 57.2 cm³/mol. The van der Waals surface area contributed by atoms with Crippen molar-refractivity contribution in [3.8, 4) is 0 Å². The van der Waals surface area contributed by atoms with Crippen LogP contribution in [0.2, 0.25) is 5.02 Å². The highest BCUT2D eigenvalue weighted by molar-refractivity contribution is 6.30. The van der Waals surface area contributed by atoms with Crippen molar-refractivity contribution in [1.29, 1.82) is 0 Å². The Morgan fingerprint density at radius 1 is 1.62 bits per heavy atom. The van der Waals surface area contributed by atoms with E-state index in [1.807, 2.05) is 0 Å². The lowest BCUT2D eigenvalue weighted by molar-refractivity contribution is 0.0955. The molecule has 86 valence electrons. The monoisotopic (exact) mass is 245 g/mol. The number of nitrogens with two attached hydrogens (primary N) is 1. The number of amides is 1. The number of rotatable bonds is 3. The molecule has 7 heteroatoms. The first kappa shape index (κ1) is 12.3. The summed E-state index contributed by atoms with van der Waals surface area (Å²) in [5.41, 5.74) is 4.97. The molecule has 0 fully saturated rings. The third-order valence-corrected chi connectivity index (χ3v) is 1.97. The van der Waals surface area contributed by atoms with E-state index in [9.17, 15) is 9.18 Å². The zero-order valence-electron chi connectivity index (χ0n) is 8.08. The molecule has 16 heavy (non-hydrogen) atoms. The molecule has 1 amide bonds. The second kappa shape index (κ2) is 5.32. The fourth-order valence-corrected chi connectivity index (χ4v) is 1.13. The summed E-state index contributed by atoms with van der Waals surface area (Å²) >= 11 is 5.53. The molecule has 0 radical (unpaired) electrons. The number of halogens is 2. The molecule has 1 aromatic rings. The molecule has 0 aliphatic heterocycles. The minimum atomic E-state index is -0.732. The summed E-state index contributed by atoms with van der Waals surface area (Å²) in [6.07, 6.45) is 0. The molecule has 0 heterocycles. The van der Waals surface area contributed by atoms with Gasteiger partial charge in [0.05, 0.1) is 12.1 Å². The second-order valence-electron chi connectivity index (χ2n) is 2.90. The van der Waals surface area contributed by atoms with Gasteiger partial charge in [-0.1, -0.05) is 16.8 Å². The first-order chi connectivity index (χ1) is 7.54. The van der Waals surface area contributed by atoms with E-state index in [1.54, 1.807) is 0 Å². The van der Waals surface area contributed by atoms with Crippen LogP contribution in [0.25, 0.3) is 0 Å². The van der Waals surface area contributed by atoms with Crippen LogP contribution in [-0.2, 0) is 0 Å². The van der Waals surface area contributed by atoms with Crippen LogP contribution in [0.3, 0.4) is 0 Å². The van der Waals surface area contributed by atoms with Gasteiger partial charge in [0, 0.05) is 5.02 Å². The van der Waals surface area contributed by atoms with Crippen molar-refractivity contribution in [1.82, 2.24) is 5.32 Å². The first-order valence-electron chi connectivity index (χ1n) is 4.24. The second-order valence-corrected chi connectivity index (χ2v) is 3.33. The van der Waals surface area contributed by atoms with Crippen LogP contribution in [0, 0.1) is 5.82 Å². The van der Waals surface area contributed by atoms with Gasteiger partial charge < -0.3 is 16.3 Å². The van der Waals surface area contributed by atoms with Crippen molar-refractivity contribution < 1.29 is 14.4 Å². The predicted octanol–water partition coefficient (Wildman–Crippen LogP) is 0.955. The molecule has 0 saturated heterocycles. The molecule has 0 aliphatic rings. The number of carbonyl (C=O) groups excluding carboxylic acids is 1. The maximum Gasteiger partial charge on any atom is 0.254 e. The van der Waals surface area contributed by atoms with Crippen molar-refractivity contribution in [2.45, 2.75) is 0 Å². The Balaban J connectivity index is 2.74. The summed E-state index contributed by atoms with van der Waals surface area (Å²) in [6, 6.07) is 3.67. The number of hydrogen-bond donors (Lipinski definition) is 3. The minimum absolute atomic E-state index is 0.157. The SMILES string of the molecule is N/C(CNC(=O)c1ccc(Cl)cc1F)=N\O. The molecular weight excluding hydrogens is 237 g/mol. The molecule has 0 atom stereocenters. The topological polar surface area (TPSA) is 87.7 Å². The van der Waals surface area contributed by atoms with Crippen LogP contribution in [0.5, 0.6) is 0 Å². The van der Waals surface area contributed by atoms with E-state index < -0.39 is 11.7 Å². The van der Waals surface area contributed by atoms with E-state index >= 15 is 0 Å². The lowest BCUT2D eigenvalue weighted by Gasteiger charge is -2.05. The Labute approximate surface area is 95.7 Å². The smallest absolute Gasteiger partial charge is 0.254 e. The highest BCUT2D eigenvalue weighted by Gasteiger charge is 2.11. The Morgan fingerprint density at radius 2 is 2.31 bits per heavy atom.